The second kappa shape index (κ2) is 6.60. The first-order chi connectivity index (χ1) is 13.3. The third kappa shape index (κ3) is 2.82. The minimum Gasteiger partial charge on any atom is -0.380 e. The molecule has 0 saturated heterocycles. The number of methoxy groups -OCH3 is 1. The number of H-pyrrole nitrogens is 1. The lowest BCUT2D eigenvalue weighted by Gasteiger charge is -2.19. The SMILES string of the molecule is CNc1ncnc2c1c(-c1[nH]c3cc(COC)ccc3c1C)nn2C(C)(C)C. The second-order valence-electron chi connectivity index (χ2n) is 8.04. The molecule has 1 aromatic carbocycles. The van der Waals surface area contributed by atoms with E-state index in [-0.39, 0.29) is 5.54 Å². The number of hydrogen-bond acceptors (Lipinski definition) is 5. The Balaban J connectivity index is 2.02. The molecule has 0 atom stereocenters. The molecule has 7 heteroatoms. The van der Waals surface area contributed by atoms with Crippen LogP contribution in [0.5, 0.6) is 0 Å². The number of anilines is 1. The monoisotopic (exact) mass is 378 g/mol. The number of aromatic nitrogens is 5. The first-order valence-corrected chi connectivity index (χ1v) is 9.37. The van der Waals surface area contributed by atoms with Crippen LogP contribution in [-0.4, -0.2) is 38.9 Å². The van der Waals surface area contributed by atoms with Gasteiger partial charge in [-0.15, -0.1) is 0 Å². The molecule has 0 bridgehead atoms. The van der Waals surface area contributed by atoms with Gasteiger partial charge in [0.25, 0.3) is 0 Å². The average Bonchev–Trinajstić information content (AvgIpc) is 3.20. The number of aryl methyl sites for hydroxylation is 1. The summed E-state index contributed by atoms with van der Waals surface area (Å²) in [6, 6.07) is 6.37. The van der Waals surface area contributed by atoms with Crippen molar-refractivity contribution < 1.29 is 4.74 Å². The van der Waals surface area contributed by atoms with Gasteiger partial charge in [0.1, 0.15) is 17.8 Å². The topological polar surface area (TPSA) is 80.7 Å². The van der Waals surface area contributed by atoms with E-state index in [0.29, 0.717) is 6.61 Å². The van der Waals surface area contributed by atoms with Gasteiger partial charge in [0.15, 0.2) is 5.65 Å². The minimum atomic E-state index is -0.207. The van der Waals surface area contributed by atoms with Crippen molar-refractivity contribution in [1.29, 1.82) is 0 Å². The van der Waals surface area contributed by atoms with Gasteiger partial charge < -0.3 is 15.0 Å². The molecule has 0 aliphatic carbocycles. The van der Waals surface area contributed by atoms with Gasteiger partial charge in [0, 0.05) is 25.1 Å². The summed E-state index contributed by atoms with van der Waals surface area (Å²) in [4.78, 5) is 12.5. The maximum absolute atomic E-state index is 5.27. The molecule has 0 spiro atoms. The van der Waals surface area contributed by atoms with E-state index < -0.39 is 0 Å². The lowest BCUT2D eigenvalue weighted by atomic mass is 10.1. The Labute approximate surface area is 164 Å². The van der Waals surface area contributed by atoms with Crippen LogP contribution in [0.4, 0.5) is 5.82 Å². The smallest absolute Gasteiger partial charge is 0.164 e. The van der Waals surface area contributed by atoms with Crippen molar-refractivity contribution >= 4 is 27.8 Å². The Bertz CT molecular complexity index is 1170. The molecule has 0 amide bonds. The third-order valence-corrected chi connectivity index (χ3v) is 5.01. The fourth-order valence-corrected chi connectivity index (χ4v) is 3.66. The number of ether oxygens (including phenoxy) is 1. The van der Waals surface area contributed by atoms with Crippen molar-refractivity contribution in [2.24, 2.45) is 0 Å². The number of hydrogen-bond donors (Lipinski definition) is 2. The molecule has 4 rings (SSSR count). The zero-order valence-corrected chi connectivity index (χ0v) is 17.2. The summed E-state index contributed by atoms with van der Waals surface area (Å²) in [6.07, 6.45) is 1.58. The van der Waals surface area contributed by atoms with E-state index in [0.717, 1.165) is 44.9 Å². The van der Waals surface area contributed by atoms with Crippen molar-refractivity contribution in [3.05, 3.63) is 35.7 Å². The van der Waals surface area contributed by atoms with Gasteiger partial charge in [-0.2, -0.15) is 5.10 Å². The number of nitrogens with zero attached hydrogens (tertiary/aromatic N) is 4. The average molecular weight is 378 g/mol. The van der Waals surface area contributed by atoms with E-state index in [4.69, 9.17) is 9.84 Å². The summed E-state index contributed by atoms with van der Waals surface area (Å²) in [7, 11) is 3.58. The highest BCUT2D eigenvalue weighted by Crippen LogP contribution is 2.37. The van der Waals surface area contributed by atoms with Crippen LogP contribution in [0.25, 0.3) is 33.3 Å². The molecule has 2 N–H and O–H groups in total. The van der Waals surface area contributed by atoms with Crippen LogP contribution < -0.4 is 5.32 Å². The van der Waals surface area contributed by atoms with Crippen LogP contribution in [-0.2, 0) is 16.9 Å². The third-order valence-electron chi connectivity index (χ3n) is 5.01. The Hall–Kier alpha value is -2.93. The lowest BCUT2D eigenvalue weighted by molar-refractivity contribution is 0.185. The highest BCUT2D eigenvalue weighted by molar-refractivity contribution is 6.02. The summed E-state index contributed by atoms with van der Waals surface area (Å²) in [5, 5.41) is 10.3. The van der Waals surface area contributed by atoms with Crippen molar-refractivity contribution in [3.8, 4) is 11.4 Å². The van der Waals surface area contributed by atoms with Gasteiger partial charge in [-0.05, 0) is 44.9 Å². The van der Waals surface area contributed by atoms with Crippen LogP contribution in [0, 0.1) is 6.92 Å². The number of nitrogens with one attached hydrogen (secondary N) is 2. The summed E-state index contributed by atoms with van der Waals surface area (Å²) in [6.45, 7) is 9.08. The molecule has 3 aromatic heterocycles. The number of rotatable bonds is 4. The maximum Gasteiger partial charge on any atom is 0.164 e. The van der Waals surface area contributed by atoms with Crippen molar-refractivity contribution in [3.63, 3.8) is 0 Å². The highest BCUT2D eigenvalue weighted by Gasteiger charge is 2.26. The van der Waals surface area contributed by atoms with Crippen molar-refractivity contribution in [2.75, 3.05) is 19.5 Å². The first-order valence-electron chi connectivity index (χ1n) is 9.37. The van der Waals surface area contributed by atoms with Gasteiger partial charge in [0.2, 0.25) is 0 Å². The molecule has 0 fully saturated rings. The summed E-state index contributed by atoms with van der Waals surface area (Å²) >= 11 is 0. The molecule has 0 aliphatic heterocycles. The molecule has 28 heavy (non-hydrogen) atoms. The number of aromatic amines is 1. The molecule has 3 heterocycles. The fraction of sp³-hybridized carbons (Fsp3) is 0.381. The minimum absolute atomic E-state index is 0.207. The van der Waals surface area contributed by atoms with E-state index in [9.17, 15) is 0 Å². The lowest BCUT2D eigenvalue weighted by Crippen LogP contribution is -2.23. The van der Waals surface area contributed by atoms with Gasteiger partial charge >= 0.3 is 0 Å². The summed E-state index contributed by atoms with van der Waals surface area (Å²) < 4.78 is 7.25. The van der Waals surface area contributed by atoms with Crippen LogP contribution >= 0.6 is 0 Å². The quantitative estimate of drug-likeness (QED) is 0.555. The maximum atomic E-state index is 5.27. The molecular weight excluding hydrogens is 352 g/mol. The predicted molar refractivity (Wildman–Crippen MR) is 113 cm³/mol. The van der Waals surface area contributed by atoms with Crippen LogP contribution in [0.15, 0.2) is 24.5 Å². The number of fused-ring (bicyclic) bond motifs is 2. The largest absolute Gasteiger partial charge is 0.380 e. The Morgan fingerprint density at radius 2 is 2.00 bits per heavy atom. The molecule has 0 saturated carbocycles. The standard InChI is InChI=1S/C21H26N6O/c1-12-14-8-7-13(10-28-6)9-15(14)25-17(12)18-16-19(22-5)23-11-24-20(16)27(26-18)21(2,3)4/h7-9,11,25H,10H2,1-6H3,(H,22,23,24). The molecule has 7 nitrogen and oxygen atoms in total. The Morgan fingerprint density at radius 1 is 1.21 bits per heavy atom. The zero-order chi connectivity index (χ0) is 20.1. The molecule has 0 unspecified atom stereocenters. The normalized spacial score (nSPS) is 12.2. The summed E-state index contributed by atoms with van der Waals surface area (Å²) in [5.41, 5.74) is 5.82. The molecule has 0 aliphatic rings. The van der Waals surface area contributed by atoms with Gasteiger partial charge in [0.05, 0.1) is 23.2 Å². The van der Waals surface area contributed by atoms with E-state index in [1.807, 2.05) is 11.7 Å². The second-order valence-corrected chi connectivity index (χ2v) is 8.04. The predicted octanol–water partition coefficient (Wildman–Crippen LogP) is 4.23. The number of benzene rings is 1. The van der Waals surface area contributed by atoms with Crippen LogP contribution in [0.3, 0.4) is 0 Å². The van der Waals surface area contributed by atoms with E-state index in [2.05, 4.69) is 66.2 Å². The summed E-state index contributed by atoms with van der Waals surface area (Å²) in [5.74, 6) is 0.772. The fourth-order valence-electron chi connectivity index (χ4n) is 3.66. The molecule has 0 radical (unpaired) electrons. The molecule has 4 aromatic rings. The zero-order valence-electron chi connectivity index (χ0n) is 17.2. The van der Waals surface area contributed by atoms with Crippen LogP contribution in [0.2, 0.25) is 0 Å². The Kier molecular flexibility index (Phi) is 4.34. The van der Waals surface area contributed by atoms with E-state index in [1.54, 1.807) is 13.4 Å². The van der Waals surface area contributed by atoms with Gasteiger partial charge in [-0.1, -0.05) is 12.1 Å². The van der Waals surface area contributed by atoms with Crippen molar-refractivity contribution in [2.45, 2.75) is 39.8 Å². The van der Waals surface area contributed by atoms with Gasteiger partial charge in [-0.3, -0.25) is 0 Å². The molecule has 146 valence electrons. The van der Waals surface area contributed by atoms with Gasteiger partial charge in [-0.25, -0.2) is 14.6 Å². The van der Waals surface area contributed by atoms with Crippen LogP contribution in [0.1, 0.15) is 31.9 Å². The van der Waals surface area contributed by atoms with E-state index >= 15 is 0 Å². The Morgan fingerprint density at radius 3 is 2.68 bits per heavy atom. The van der Waals surface area contributed by atoms with Crippen molar-refractivity contribution in [1.82, 2.24) is 24.7 Å². The molecular formula is C21H26N6O. The van der Waals surface area contributed by atoms with E-state index in [1.165, 1.54) is 5.39 Å². The highest BCUT2D eigenvalue weighted by atomic mass is 16.5. The first kappa shape index (κ1) is 18.4.